The molecule has 1 saturated heterocycles. The van der Waals surface area contributed by atoms with Gasteiger partial charge < -0.3 is 9.88 Å². The molecule has 1 aliphatic rings. The second kappa shape index (κ2) is 6.48. The van der Waals surface area contributed by atoms with Crippen molar-refractivity contribution in [3.63, 3.8) is 0 Å². The quantitative estimate of drug-likeness (QED) is 0.902. The SMILES string of the molecule is N#Cc1cccc(C#N)c1N1CCC[C@H](c2ncc(C(F)(F)F)[nH]2)C1. The van der Waals surface area contributed by atoms with E-state index in [0.29, 0.717) is 36.3 Å². The molecule has 1 atom stereocenters. The number of para-hydroxylation sites is 1. The van der Waals surface area contributed by atoms with Crippen LogP contribution in [0, 0.1) is 22.7 Å². The van der Waals surface area contributed by atoms with Crippen LogP contribution in [0.4, 0.5) is 18.9 Å². The van der Waals surface area contributed by atoms with Gasteiger partial charge in [0.15, 0.2) is 0 Å². The van der Waals surface area contributed by atoms with Gasteiger partial charge >= 0.3 is 6.18 Å². The van der Waals surface area contributed by atoms with E-state index in [2.05, 4.69) is 22.1 Å². The van der Waals surface area contributed by atoms with Gasteiger partial charge in [-0.1, -0.05) is 6.07 Å². The summed E-state index contributed by atoms with van der Waals surface area (Å²) in [6, 6.07) is 9.07. The Bertz CT molecular complexity index is 824. The van der Waals surface area contributed by atoms with E-state index >= 15 is 0 Å². The number of alkyl halides is 3. The Morgan fingerprint density at radius 1 is 1.20 bits per heavy atom. The first kappa shape index (κ1) is 16.8. The van der Waals surface area contributed by atoms with E-state index in [1.165, 1.54) is 0 Å². The van der Waals surface area contributed by atoms with Crippen LogP contribution in [0.25, 0.3) is 0 Å². The van der Waals surface area contributed by atoms with E-state index in [-0.39, 0.29) is 11.7 Å². The van der Waals surface area contributed by atoms with Gasteiger partial charge in [0.1, 0.15) is 23.7 Å². The lowest BCUT2D eigenvalue weighted by Gasteiger charge is -2.34. The molecular weight excluding hydrogens is 331 g/mol. The summed E-state index contributed by atoms with van der Waals surface area (Å²) in [5, 5.41) is 18.6. The third-order valence-electron chi connectivity index (χ3n) is 4.30. The highest BCUT2D eigenvalue weighted by atomic mass is 19.4. The molecule has 0 radical (unpaired) electrons. The summed E-state index contributed by atoms with van der Waals surface area (Å²) >= 11 is 0. The number of hydrogen-bond donors (Lipinski definition) is 1. The Morgan fingerprint density at radius 3 is 2.44 bits per heavy atom. The molecule has 128 valence electrons. The molecule has 8 heteroatoms. The average Bonchev–Trinajstić information content (AvgIpc) is 3.11. The monoisotopic (exact) mass is 345 g/mol. The fourth-order valence-corrected chi connectivity index (χ4v) is 3.16. The molecule has 1 fully saturated rings. The summed E-state index contributed by atoms with van der Waals surface area (Å²) in [6.45, 7) is 1.04. The topological polar surface area (TPSA) is 79.5 Å². The lowest BCUT2D eigenvalue weighted by atomic mass is 9.95. The van der Waals surface area contributed by atoms with Crippen molar-refractivity contribution in [2.45, 2.75) is 24.9 Å². The fourth-order valence-electron chi connectivity index (χ4n) is 3.16. The molecule has 0 spiro atoms. The Kier molecular flexibility index (Phi) is 4.37. The third kappa shape index (κ3) is 3.29. The number of nitrogens with zero attached hydrogens (tertiary/aromatic N) is 4. The highest BCUT2D eigenvalue weighted by Gasteiger charge is 2.34. The number of H-pyrrole nitrogens is 1. The van der Waals surface area contributed by atoms with E-state index in [1.807, 2.05) is 4.90 Å². The van der Waals surface area contributed by atoms with E-state index < -0.39 is 11.9 Å². The molecule has 0 amide bonds. The number of aromatic nitrogens is 2. The number of nitriles is 2. The highest BCUT2D eigenvalue weighted by molar-refractivity contribution is 5.68. The van der Waals surface area contributed by atoms with Crippen LogP contribution in [0.1, 0.15) is 41.4 Å². The second-order valence-electron chi connectivity index (χ2n) is 5.89. The van der Waals surface area contributed by atoms with Crippen LogP contribution < -0.4 is 4.90 Å². The van der Waals surface area contributed by atoms with Gasteiger partial charge in [0.05, 0.1) is 23.0 Å². The zero-order valence-electron chi connectivity index (χ0n) is 13.1. The van der Waals surface area contributed by atoms with Crippen molar-refractivity contribution in [2.75, 3.05) is 18.0 Å². The summed E-state index contributed by atoms with van der Waals surface area (Å²) in [6.07, 6.45) is -2.23. The molecule has 2 aromatic rings. The number of aromatic amines is 1. The molecule has 1 N–H and O–H groups in total. The van der Waals surface area contributed by atoms with Crippen molar-refractivity contribution < 1.29 is 13.2 Å². The van der Waals surface area contributed by atoms with Crippen LogP contribution >= 0.6 is 0 Å². The van der Waals surface area contributed by atoms with Crippen molar-refractivity contribution in [1.29, 1.82) is 10.5 Å². The first-order valence-corrected chi connectivity index (χ1v) is 7.74. The third-order valence-corrected chi connectivity index (χ3v) is 4.30. The van der Waals surface area contributed by atoms with Gasteiger partial charge in [-0.3, -0.25) is 0 Å². The van der Waals surface area contributed by atoms with Gasteiger partial charge in [0, 0.05) is 19.0 Å². The number of nitrogens with one attached hydrogen (secondary N) is 1. The van der Waals surface area contributed by atoms with Gasteiger partial charge in [-0.2, -0.15) is 23.7 Å². The van der Waals surface area contributed by atoms with Crippen molar-refractivity contribution in [3.8, 4) is 12.1 Å². The molecule has 0 aliphatic carbocycles. The molecule has 0 unspecified atom stereocenters. The summed E-state index contributed by atoms with van der Waals surface area (Å²) in [7, 11) is 0. The smallest absolute Gasteiger partial charge is 0.369 e. The standard InChI is InChI=1S/C17H14F3N5/c18-17(19,20)14-9-23-16(24-14)13-5-2-6-25(10-13)15-11(7-21)3-1-4-12(15)8-22/h1,3-4,9,13H,2,5-6,10H2,(H,23,24)/t13-/m0/s1. The maximum atomic E-state index is 12.8. The van der Waals surface area contributed by atoms with Crippen LogP contribution in [-0.4, -0.2) is 23.1 Å². The number of imidazole rings is 1. The molecule has 5 nitrogen and oxygen atoms in total. The van der Waals surface area contributed by atoms with Crippen molar-refractivity contribution in [1.82, 2.24) is 9.97 Å². The van der Waals surface area contributed by atoms with Gasteiger partial charge in [-0.15, -0.1) is 0 Å². The Hall–Kier alpha value is -3.00. The van der Waals surface area contributed by atoms with Crippen molar-refractivity contribution >= 4 is 5.69 Å². The fraction of sp³-hybridized carbons (Fsp3) is 0.353. The molecular formula is C17H14F3N5. The maximum Gasteiger partial charge on any atom is 0.432 e. The highest BCUT2D eigenvalue weighted by Crippen LogP contribution is 2.34. The number of halogens is 3. The van der Waals surface area contributed by atoms with Gasteiger partial charge in [-0.25, -0.2) is 4.98 Å². The van der Waals surface area contributed by atoms with E-state index in [0.717, 1.165) is 12.6 Å². The van der Waals surface area contributed by atoms with Crippen LogP contribution in [-0.2, 0) is 6.18 Å². The van der Waals surface area contributed by atoms with Crippen LogP contribution in [0.3, 0.4) is 0 Å². The molecule has 3 rings (SSSR count). The van der Waals surface area contributed by atoms with E-state index in [4.69, 9.17) is 0 Å². The predicted octanol–water partition coefficient (Wildman–Crippen LogP) is 3.56. The molecule has 0 bridgehead atoms. The van der Waals surface area contributed by atoms with Crippen molar-refractivity contribution in [2.24, 2.45) is 0 Å². The minimum atomic E-state index is -4.46. The number of benzene rings is 1. The molecule has 25 heavy (non-hydrogen) atoms. The molecule has 2 heterocycles. The number of piperidine rings is 1. The van der Waals surface area contributed by atoms with E-state index in [9.17, 15) is 23.7 Å². The van der Waals surface area contributed by atoms with Crippen LogP contribution in [0.5, 0.6) is 0 Å². The first-order valence-electron chi connectivity index (χ1n) is 7.74. The van der Waals surface area contributed by atoms with Crippen molar-refractivity contribution in [3.05, 3.63) is 47.0 Å². The first-order chi connectivity index (χ1) is 11.9. The number of rotatable bonds is 2. The molecule has 1 aromatic heterocycles. The van der Waals surface area contributed by atoms with Crippen LogP contribution in [0.2, 0.25) is 0 Å². The molecule has 0 saturated carbocycles. The largest absolute Gasteiger partial charge is 0.432 e. The second-order valence-corrected chi connectivity index (χ2v) is 5.89. The van der Waals surface area contributed by atoms with Gasteiger partial charge in [0.2, 0.25) is 0 Å². The lowest BCUT2D eigenvalue weighted by molar-refractivity contribution is -0.141. The Morgan fingerprint density at radius 2 is 1.88 bits per heavy atom. The van der Waals surface area contributed by atoms with Gasteiger partial charge in [0.25, 0.3) is 0 Å². The van der Waals surface area contributed by atoms with E-state index in [1.54, 1.807) is 18.2 Å². The summed E-state index contributed by atoms with van der Waals surface area (Å²) in [5.74, 6) is 0.0631. The molecule has 1 aromatic carbocycles. The zero-order valence-corrected chi connectivity index (χ0v) is 13.1. The minimum absolute atomic E-state index is 0.219. The lowest BCUT2D eigenvalue weighted by Crippen LogP contribution is -2.35. The predicted molar refractivity (Wildman–Crippen MR) is 83.6 cm³/mol. The Labute approximate surface area is 142 Å². The zero-order chi connectivity index (χ0) is 18.0. The average molecular weight is 345 g/mol. The number of anilines is 1. The molecule has 1 aliphatic heterocycles. The Balaban J connectivity index is 1.89. The summed E-state index contributed by atoms with van der Waals surface area (Å²) < 4.78 is 38.3. The number of hydrogen-bond acceptors (Lipinski definition) is 4. The summed E-state index contributed by atoms with van der Waals surface area (Å²) in [5.41, 5.74) is 0.444. The van der Waals surface area contributed by atoms with Crippen LogP contribution in [0.15, 0.2) is 24.4 Å². The maximum absolute atomic E-state index is 12.8. The van der Waals surface area contributed by atoms with Gasteiger partial charge in [-0.05, 0) is 25.0 Å². The minimum Gasteiger partial charge on any atom is -0.369 e. The normalized spacial score (nSPS) is 17.8. The summed E-state index contributed by atoms with van der Waals surface area (Å²) in [4.78, 5) is 8.14.